The van der Waals surface area contributed by atoms with E-state index in [4.69, 9.17) is 21.8 Å². The van der Waals surface area contributed by atoms with Crippen LogP contribution in [0.2, 0.25) is 0 Å². The van der Waals surface area contributed by atoms with E-state index < -0.39 is 24.5 Å². The molecule has 0 spiro atoms. The summed E-state index contributed by atoms with van der Waals surface area (Å²) in [5, 5.41) is 17.9. The number of aliphatic hydroxyl groups excluding tert-OH is 1. The lowest BCUT2D eigenvalue weighted by Crippen LogP contribution is -2.01. The maximum atomic E-state index is 12.2. The third kappa shape index (κ3) is 2.10. The van der Waals surface area contributed by atoms with Gasteiger partial charge >= 0.3 is 0 Å². The lowest BCUT2D eigenvalue weighted by molar-refractivity contribution is 0.141. The van der Waals surface area contributed by atoms with E-state index in [1.54, 1.807) is 0 Å². The number of aromatic hydroxyl groups is 1. The highest BCUT2D eigenvalue weighted by atomic mass is 35.5. The average molecular weight is 224 g/mol. The summed E-state index contributed by atoms with van der Waals surface area (Å²) in [6.07, 6.45) is -2.87. The van der Waals surface area contributed by atoms with Crippen LogP contribution in [0, 0.1) is 0 Å². The van der Waals surface area contributed by atoms with Crippen LogP contribution in [0.15, 0.2) is 6.07 Å². The molecule has 1 rings (SSSR count). The minimum Gasteiger partial charge on any atom is -0.506 e. The van der Waals surface area contributed by atoms with Crippen molar-refractivity contribution < 1.29 is 19.0 Å². The number of alkyl halides is 3. The van der Waals surface area contributed by atoms with Crippen molar-refractivity contribution in [1.29, 1.82) is 0 Å². The zero-order valence-corrected chi connectivity index (χ0v) is 7.80. The number of nitrogens with zero attached hydrogens (tertiary/aromatic N) is 1. The van der Waals surface area contributed by atoms with Crippen molar-refractivity contribution in [2.75, 3.05) is 0 Å². The molecule has 0 aliphatic carbocycles. The predicted molar refractivity (Wildman–Crippen MR) is 46.3 cm³/mol. The molecule has 0 saturated carbocycles. The van der Waals surface area contributed by atoms with Crippen LogP contribution in [0.1, 0.15) is 23.4 Å². The highest BCUT2D eigenvalue weighted by molar-refractivity contribution is 6.17. The van der Waals surface area contributed by atoms with E-state index in [-0.39, 0.29) is 11.6 Å². The Morgan fingerprint density at radius 1 is 1.50 bits per heavy atom. The van der Waals surface area contributed by atoms with Crippen LogP contribution < -0.4 is 0 Å². The van der Waals surface area contributed by atoms with Crippen molar-refractivity contribution >= 4 is 11.6 Å². The first-order valence-electron chi connectivity index (χ1n) is 3.76. The van der Waals surface area contributed by atoms with E-state index in [2.05, 4.69) is 4.98 Å². The Kier molecular flexibility index (Phi) is 3.60. The molecule has 6 heteroatoms. The summed E-state index contributed by atoms with van der Waals surface area (Å²) < 4.78 is 24.5. The summed E-state index contributed by atoms with van der Waals surface area (Å²) in [4.78, 5) is 3.43. The molecule has 14 heavy (non-hydrogen) atoms. The largest absolute Gasteiger partial charge is 0.506 e. The third-order valence-electron chi connectivity index (χ3n) is 1.70. The molecular weight excluding hydrogens is 216 g/mol. The Hall–Kier alpha value is -0.940. The van der Waals surface area contributed by atoms with Gasteiger partial charge in [0.2, 0.25) is 0 Å². The number of halogens is 3. The summed E-state index contributed by atoms with van der Waals surface area (Å²) in [5.41, 5.74) is -0.327. The number of aromatic nitrogens is 1. The molecule has 0 fully saturated rings. The van der Waals surface area contributed by atoms with Gasteiger partial charge < -0.3 is 10.2 Å². The number of hydrogen-bond acceptors (Lipinski definition) is 3. The molecule has 0 amide bonds. The van der Waals surface area contributed by atoms with Gasteiger partial charge in [0.25, 0.3) is 6.43 Å². The normalized spacial score (nSPS) is 10.9. The molecule has 0 bridgehead atoms. The average Bonchev–Trinajstić information content (AvgIpc) is 2.16. The fourth-order valence-corrected chi connectivity index (χ4v) is 1.24. The molecular formula is C8H8ClF2NO2. The molecule has 78 valence electrons. The molecule has 0 unspecified atom stereocenters. The number of hydrogen-bond donors (Lipinski definition) is 2. The SMILES string of the molecule is OCc1nc(C(F)F)c(O)cc1CCl. The minimum absolute atomic E-state index is 0.0000283. The van der Waals surface area contributed by atoms with Crippen LogP contribution in [-0.4, -0.2) is 15.2 Å². The lowest BCUT2D eigenvalue weighted by atomic mass is 10.2. The van der Waals surface area contributed by atoms with Crippen molar-refractivity contribution in [2.45, 2.75) is 18.9 Å². The van der Waals surface area contributed by atoms with Gasteiger partial charge in [0, 0.05) is 5.88 Å². The van der Waals surface area contributed by atoms with E-state index in [0.717, 1.165) is 6.07 Å². The van der Waals surface area contributed by atoms with Crippen LogP contribution in [0.25, 0.3) is 0 Å². The first-order valence-corrected chi connectivity index (χ1v) is 4.30. The second-order valence-corrected chi connectivity index (χ2v) is 2.86. The van der Waals surface area contributed by atoms with Crippen molar-refractivity contribution in [3.8, 4) is 5.75 Å². The summed E-state index contributed by atoms with van der Waals surface area (Å²) >= 11 is 5.47. The monoisotopic (exact) mass is 223 g/mol. The summed E-state index contributed by atoms with van der Waals surface area (Å²) in [7, 11) is 0. The second-order valence-electron chi connectivity index (χ2n) is 2.59. The van der Waals surface area contributed by atoms with E-state index in [9.17, 15) is 8.78 Å². The minimum atomic E-state index is -2.87. The van der Waals surface area contributed by atoms with Crippen molar-refractivity contribution in [1.82, 2.24) is 4.98 Å². The van der Waals surface area contributed by atoms with Crippen molar-refractivity contribution in [3.05, 3.63) is 23.0 Å². The lowest BCUT2D eigenvalue weighted by Gasteiger charge is -2.08. The predicted octanol–water partition coefficient (Wildman–Crippen LogP) is 1.96. The van der Waals surface area contributed by atoms with Crippen molar-refractivity contribution in [3.63, 3.8) is 0 Å². The molecule has 1 aromatic rings. The number of pyridine rings is 1. The fourth-order valence-electron chi connectivity index (χ4n) is 1.01. The Bertz CT molecular complexity index is 333. The zero-order valence-electron chi connectivity index (χ0n) is 7.04. The van der Waals surface area contributed by atoms with Gasteiger partial charge in [0.1, 0.15) is 11.4 Å². The fraction of sp³-hybridized carbons (Fsp3) is 0.375. The van der Waals surface area contributed by atoms with E-state index in [1.165, 1.54) is 0 Å². The van der Waals surface area contributed by atoms with Crippen LogP contribution >= 0.6 is 11.6 Å². The van der Waals surface area contributed by atoms with Gasteiger partial charge in [-0.15, -0.1) is 11.6 Å². The van der Waals surface area contributed by atoms with Crippen LogP contribution in [0.3, 0.4) is 0 Å². The maximum Gasteiger partial charge on any atom is 0.284 e. The van der Waals surface area contributed by atoms with Crippen molar-refractivity contribution in [2.24, 2.45) is 0 Å². The smallest absolute Gasteiger partial charge is 0.284 e. The molecule has 0 saturated heterocycles. The standard InChI is InChI=1S/C8H8ClF2NO2/c9-2-4-1-6(14)7(8(10)11)12-5(4)3-13/h1,8,13-14H,2-3H2. The Morgan fingerprint density at radius 2 is 2.14 bits per heavy atom. The van der Waals surface area contributed by atoms with Gasteiger partial charge in [0.15, 0.2) is 0 Å². The summed E-state index contributed by atoms with van der Waals surface area (Å²) in [5.74, 6) is -0.604. The third-order valence-corrected chi connectivity index (χ3v) is 1.99. The molecule has 2 N–H and O–H groups in total. The van der Waals surface area contributed by atoms with Gasteiger partial charge in [-0.25, -0.2) is 13.8 Å². The van der Waals surface area contributed by atoms with E-state index >= 15 is 0 Å². The Labute approximate surface area is 84.0 Å². The molecule has 0 radical (unpaired) electrons. The van der Waals surface area contributed by atoms with Gasteiger partial charge in [-0.3, -0.25) is 0 Å². The molecule has 1 aromatic heterocycles. The number of rotatable bonds is 3. The quantitative estimate of drug-likeness (QED) is 0.771. The first kappa shape index (κ1) is 11.1. The molecule has 1 heterocycles. The zero-order chi connectivity index (χ0) is 10.7. The topological polar surface area (TPSA) is 53.4 Å². The van der Waals surface area contributed by atoms with E-state index in [1.807, 2.05) is 0 Å². The number of aliphatic hydroxyl groups is 1. The molecule has 0 atom stereocenters. The highest BCUT2D eigenvalue weighted by Crippen LogP contribution is 2.28. The highest BCUT2D eigenvalue weighted by Gasteiger charge is 2.17. The first-order chi connectivity index (χ1) is 6.60. The summed E-state index contributed by atoms with van der Waals surface area (Å²) in [6.45, 7) is -0.484. The van der Waals surface area contributed by atoms with Gasteiger partial charge in [-0.1, -0.05) is 0 Å². The van der Waals surface area contributed by atoms with Crippen LogP contribution in [-0.2, 0) is 12.5 Å². The van der Waals surface area contributed by atoms with Gasteiger partial charge in [-0.2, -0.15) is 0 Å². The van der Waals surface area contributed by atoms with Crippen LogP contribution in [0.5, 0.6) is 5.75 Å². The van der Waals surface area contributed by atoms with E-state index in [0.29, 0.717) is 5.56 Å². The Balaban J connectivity index is 3.23. The van der Waals surface area contributed by atoms with Gasteiger partial charge in [0.05, 0.1) is 12.3 Å². The molecule has 3 nitrogen and oxygen atoms in total. The molecule has 0 aromatic carbocycles. The molecule has 0 aliphatic heterocycles. The second kappa shape index (κ2) is 4.52. The maximum absolute atomic E-state index is 12.2. The molecule has 0 aliphatic rings. The van der Waals surface area contributed by atoms with Crippen LogP contribution in [0.4, 0.5) is 8.78 Å². The van der Waals surface area contributed by atoms with Gasteiger partial charge in [-0.05, 0) is 11.6 Å². The summed E-state index contributed by atoms with van der Waals surface area (Å²) in [6, 6.07) is 1.09. The Morgan fingerprint density at radius 3 is 2.57 bits per heavy atom.